The van der Waals surface area contributed by atoms with Crippen LogP contribution in [0.5, 0.6) is 0 Å². The fourth-order valence-corrected chi connectivity index (χ4v) is 1.28. The number of hydrogen-bond donors (Lipinski definition) is 3. The largest absolute Gasteiger partial charge is 0.368 e. The quantitative estimate of drug-likeness (QED) is 0.603. The molecule has 0 atom stereocenters. The molecule has 0 saturated carbocycles. The Balaban J connectivity index is 2.63. The molecule has 16 heavy (non-hydrogen) atoms. The molecule has 7 nitrogen and oxygen atoms in total. The van der Waals surface area contributed by atoms with Gasteiger partial charge in [-0.1, -0.05) is 0 Å². The lowest BCUT2D eigenvalue weighted by Crippen LogP contribution is -2.10. The molecule has 2 aromatic rings. The number of pyridine rings is 1. The van der Waals surface area contributed by atoms with E-state index in [9.17, 15) is 4.79 Å². The zero-order valence-corrected chi connectivity index (χ0v) is 8.56. The lowest BCUT2D eigenvalue weighted by atomic mass is 10.2. The lowest BCUT2D eigenvalue weighted by Gasteiger charge is -2.01. The molecule has 0 aliphatic carbocycles. The number of rotatable bonds is 1. The fourth-order valence-electron chi connectivity index (χ4n) is 1.28. The normalized spacial score (nSPS) is 10.3. The third-order valence-corrected chi connectivity index (χ3v) is 1.97. The van der Waals surface area contributed by atoms with Crippen LogP contribution in [0.3, 0.4) is 0 Å². The molecule has 2 rings (SSSR count). The molecule has 0 radical (unpaired) electrons. The van der Waals surface area contributed by atoms with Crippen LogP contribution >= 0.6 is 0 Å². The van der Waals surface area contributed by atoms with Crippen molar-refractivity contribution in [2.24, 2.45) is 0 Å². The molecule has 0 aromatic carbocycles. The van der Waals surface area contributed by atoms with E-state index in [0.717, 1.165) is 5.69 Å². The maximum Gasteiger partial charge on any atom is 0.225 e. The first kappa shape index (κ1) is 10.1. The van der Waals surface area contributed by atoms with Gasteiger partial charge in [0.2, 0.25) is 11.9 Å². The maximum atomic E-state index is 11.7. The van der Waals surface area contributed by atoms with E-state index in [1.54, 1.807) is 6.92 Å². The number of anilines is 2. The highest BCUT2D eigenvalue weighted by molar-refractivity contribution is 5.55. The fraction of sp³-hybridized carbons (Fsp3) is 0.111. The molecule has 2 aromatic heterocycles. The minimum absolute atomic E-state index is 0.0116. The third kappa shape index (κ3) is 1.83. The Morgan fingerprint density at radius 2 is 1.81 bits per heavy atom. The van der Waals surface area contributed by atoms with Crippen molar-refractivity contribution in [1.82, 2.24) is 19.9 Å². The van der Waals surface area contributed by atoms with Gasteiger partial charge in [-0.25, -0.2) is 0 Å². The molecule has 0 spiro atoms. The van der Waals surface area contributed by atoms with Crippen molar-refractivity contribution in [1.29, 1.82) is 0 Å². The minimum atomic E-state index is -0.193. The van der Waals surface area contributed by atoms with Gasteiger partial charge in [-0.15, -0.1) is 0 Å². The third-order valence-electron chi connectivity index (χ3n) is 1.97. The molecule has 0 aliphatic heterocycles. The van der Waals surface area contributed by atoms with E-state index in [2.05, 4.69) is 19.9 Å². The predicted octanol–water partition coefficient (Wildman–Crippen LogP) is -0.300. The number of aromatic nitrogens is 4. The highest BCUT2D eigenvalue weighted by Gasteiger charge is 2.08. The van der Waals surface area contributed by atoms with Gasteiger partial charge in [-0.3, -0.25) is 4.79 Å². The van der Waals surface area contributed by atoms with Gasteiger partial charge in [-0.05, 0) is 6.92 Å². The molecule has 0 unspecified atom stereocenters. The summed E-state index contributed by atoms with van der Waals surface area (Å²) in [6, 6.07) is 1.45. The van der Waals surface area contributed by atoms with E-state index < -0.39 is 0 Å². The standard InChI is InChI=1S/C9H10N6O/c1-4-2-6(16)5(3-12-4)7-13-8(10)15-9(11)14-7/h2-3H,1H3,(H,12,16)(H4,10,11,13,14,15). The molecular formula is C9H10N6O. The van der Waals surface area contributed by atoms with E-state index in [1.807, 2.05) is 0 Å². The first-order valence-corrected chi connectivity index (χ1v) is 4.53. The summed E-state index contributed by atoms with van der Waals surface area (Å²) in [5.74, 6) is 0.149. The second-order valence-electron chi connectivity index (χ2n) is 3.27. The molecule has 2 heterocycles. The predicted molar refractivity (Wildman–Crippen MR) is 59.4 cm³/mol. The number of H-pyrrole nitrogens is 1. The van der Waals surface area contributed by atoms with Crippen LogP contribution < -0.4 is 16.9 Å². The van der Waals surface area contributed by atoms with Crippen LogP contribution in [0.25, 0.3) is 11.4 Å². The number of nitrogen functional groups attached to an aromatic ring is 2. The topological polar surface area (TPSA) is 124 Å². The summed E-state index contributed by atoms with van der Waals surface area (Å²) in [5, 5.41) is 0. The minimum Gasteiger partial charge on any atom is -0.368 e. The molecule has 0 amide bonds. The summed E-state index contributed by atoms with van der Waals surface area (Å²) in [6.07, 6.45) is 1.52. The highest BCUT2D eigenvalue weighted by Crippen LogP contribution is 2.10. The number of aromatic amines is 1. The van der Waals surface area contributed by atoms with Crippen LogP contribution in [-0.2, 0) is 0 Å². The SMILES string of the molecule is Cc1cc(=O)c(-c2nc(N)nc(N)n2)c[nH]1. The number of nitrogens with zero attached hydrogens (tertiary/aromatic N) is 3. The van der Waals surface area contributed by atoms with Crippen molar-refractivity contribution < 1.29 is 0 Å². The Morgan fingerprint density at radius 1 is 1.19 bits per heavy atom. The van der Waals surface area contributed by atoms with Crippen LogP contribution in [0.2, 0.25) is 0 Å². The Hall–Kier alpha value is -2.44. The average Bonchev–Trinajstić information content (AvgIpc) is 2.15. The van der Waals surface area contributed by atoms with Gasteiger partial charge in [-0.2, -0.15) is 15.0 Å². The molecule has 0 saturated heterocycles. The van der Waals surface area contributed by atoms with Crippen LogP contribution in [0.15, 0.2) is 17.1 Å². The Morgan fingerprint density at radius 3 is 2.38 bits per heavy atom. The molecule has 7 heteroatoms. The highest BCUT2D eigenvalue weighted by atomic mass is 16.1. The van der Waals surface area contributed by atoms with Crippen molar-refractivity contribution in [3.05, 3.63) is 28.2 Å². The summed E-state index contributed by atoms with van der Waals surface area (Å²) >= 11 is 0. The number of hydrogen-bond acceptors (Lipinski definition) is 6. The van der Waals surface area contributed by atoms with Gasteiger partial charge >= 0.3 is 0 Å². The zero-order chi connectivity index (χ0) is 11.7. The molecule has 82 valence electrons. The zero-order valence-electron chi connectivity index (χ0n) is 8.56. The second-order valence-corrected chi connectivity index (χ2v) is 3.27. The first-order valence-electron chi connectivity index (χ1n) is 4.53. The summed E-state index contributed by atoms with van der Waals surface area (Å²) < 4.78 is 0. The molecular weight excluding hydrogens is 208 g/mol. The number of nitrogens with two attached hydrogens (primary N) is 2. The Labute approximate surface area is 90.6 Å². The summed E-state index contributed by atoms with van der Waals surface area (Å²) in [7, 11) is 0. The van der Waals surface area contributed by atoms with E-state index >= 15 is 0 Å². The molecule has 0 bridgehead atoms. The molecule has 0 fully saturated rings. The van der Waals surface area contributed by atoms with E-state index in [4.69, 9.17) is 11.5 Å². The second kappa shape index (κ2) is 3.61. The van der Waals surface area contributed by atoms with E-state index in [-0.39, 0.29) is 23.1 Å². The van der Waals surface area contributed by atoms with E-state index in [0.29, 0.717) is 5.56 Å². The Bertz CT molecular complexity index is 571. The molecule has 5 N–H and O–H groups in total. The summed E-state index contributed by atoms with van der Waals surface area (Å²) in [4.78, 5) is 25.9. The van der Waals surface area contributed by atoms with Gasteiger partial charge in [0.25, 0.3) is 0 Å². The first-order chi connectivity index (χ1) is 7.56. The van der Waals surface area contributed by atoms with Crippen molar-refractivity contribution in [3.63, 3.8) is 0 Å². The van der Waals surface area contributed by atoms with Gasteiger partial charge in [0.15, 0.2) is 11.3 Å². The van der Waals surface area contributed by atoms with Crippen molar-refractivity contribution in [2.45, 2.75) is 6.92 Å². The van der Waals surface area contributed by atoms with Crippen molar-refractivity contribution >= 4 is 11.9 Å². The summed E-state index contributed by atoms with van der Waals surface area (Å²) in [5.41, 5.74) is 11.7. The van der Waals surface area contributed by atoms with E-state index in [1.165, 1.54) is 12.3 Å². The maximum absolute atomic E-state index is 11.7. The Kier molecular flexibility index (Phi) is 2.28. The van der Waals surface area contributed by atoms with Gasteiger partial charge in [0.1, 0.15) is 0 Å². The monoisotopic (exact) mass is 218 g/mol. The number of nitrogens with one attached hydrogen (secondary N) is 1. The van der Waals surface area contributed by atoms with Crippen LogP contribution in [0.1, 0.15) is 5.69 Å². The molecule has 0 aliphatic rings. The van der Waals surface area contributed by atoms with Gasteiger partial charge < -0.3 is 16.5 Å². The van der Waals surface area contributed by atoms with Crippen LogP contribution in [-0.4, -0.2) is 19.9 Å². The number of aryl methyl sites for hydroxylation is 1. The van der Waals surface area contributed by atoms with Gasteiger partial charge in [0, 0.05) is 18.0 Å². The van der Waals surface area contributed by atoms with Crippen molar-refractivity contribution in [2.75, 3.05) is 11.5 Å². The van der Waals surface area contributed by atoms with Crippen LogP contribution in [0.4, 0.5) is 11.9 Å². The van der Waals surface area contributed by atoms with Crippen molar-refractivity contribution in [3.8, 4) is 11.4 Å². The van der Waals surface area contributed by atoms with Gasteiger partial charge in [0.05, 0.1) is 5.56 Å². The van der Waals surface area contributed by atoms with Crippen LogP contribution in [0, 0.1) is 6.92 Å². The lowest BCUT2D eigenvalue weighted by molar-refractivity contribution is 1.07. The summed E-state index contributed by atoms with van der Waals surface area (Å²) in [6.45, 7) is 1.78. The average molecular weight is 218 g/mol. The smallest absolute Gasteiger partial charge is 0.225 e.